The van der Waals surface area contributed by atoms with Crippen molar-refractivity contribution in [1.29, 1.82) is 0 Å². The second-order valence-electron chi connectivity index (χ2n) is 3.93. The molecule has 0 aliphatic heterocycles. The van der Waals surface area contributed by atoms with E-state index in [0.29, 0.717) is 5.92 Å². The Kier molecular flexibility index (Phi) is 1.46. The van der Waals surface area contributed by atoms with Crippen molar-refractivity contribution in [3.8, 4) is 0 Å². The number of imidazole rings is 1. The molecule has 2 heterocycles. The van der Waals surface area contributed by atoms with Crippen molar-refractivity contribution in [3.05, 3.63) is 35.5 Å². The van der Waals surface area contributed by atoms with Gasteiger partial charge < -0.3 is 4.40 Å². The lowest BCUT2D eigenvalue weighted by atomic mass is 10.2. The molecule has 2 aromatic rings. The van der Waals surface area contributed by atoms with Crippen LogP contribution in [0.1, 0.15) is 30.1 Å². The maximum absolute atomic E-state index is 13.0. The van der Waals surface area contributed by atoms with E-state index in [4.69, 9.17) is 0 Å². The van der Waals surface area contributed by atoms with Gasteiger partial charge in [-0.15, -0.1) is 0 Å². The summed E-state index contributed by atoms with van der Waals surface area (Å²) >= 11 is 0. The van der Waals surface area contributed by atoms with Gasteiger partial charge in [-0.2, -0.15) is 0 Å². The van der Waals surface area contributed by atoms with Gasteiger partial charge in [0.1, 0.15) is 11.5 Å². The molecule has 0 bridgehead atoms. The largest absolute Gasteiger partial charge is 0.301 e. The summed E-state index contributed by atoms with van der Waals surface area (Å²) in [6, 6.07) is 3.19. The van der Waals surface area contributed by atoms with Gasteiger partial charge in [0.15, 0.2) is 0 Å². The fourth-order valence-electron chi connectivity index (χ4n) is 1.90. The van der Waals surface area contributed by atoms with Crippen LogP contribution in [-0.4, -0.2) is 9.38 Å². The standard InChI is InChI=1S/C11H11FN2/c1-7-11(8-2-3-8)13-10-5-4-9(12)6-14(7)10/h4-6,8H,2-3H2,1H3. The molecule has 0 atom stereocenters. The van der Waals surface area contributed by atoms with E-state index >= 15 is 0 Å². The summed E-state index contributed by atoms with van der Waals surface area (Å²) in [5, 5.41) is 0. The van der Waals surface area contributed by atoms with Gasteiger partial charge in [0.2, 0.25) is 0 Å². The topological polar surface area (TPSA) is 17.3 Å². The average Bonchev–Trinajstić information content (AvgIpc) is 2.95. The number of hydrogen-bond donors (Lipinski definition) is 0. The predicted molar refractivity (Wildman–Crippen MR) is 51.9 cm³/mol. The van der Waals surface area contributed by atoms with Gasteiger partial charge in [0, 0.05) is 17.8 Å². The number of nitrogens with zero attached hydrogens (tertiary/aromatic N) is 2. The number of halogens is 1. The molecular weight excluding hydrogens is 179 g/mol. The summed E-state index contributed by atoms with van der Waals surface area (Å²) < 4.78 is 14.8. The van der Waals surface area contributed by atoms with E-state index in [1.54, 1.807) is 6.07 Å². The number of pyridine rings is 1. The van der Waals surface area contributed by atoms with Crippen LogP contribution in [0.25, 0.3) is 5.65 Å². The van der Waals surface area contributed by atoms with Crippen molar-refractivity contribution in [2.24, 2.45) is 0 Å². The lowest BCUT2D eigenvalue weighted by Gasteiger charge is -1.96. The van der Waals surface area contributed by atoms with Crippen LogP contribution in [-0.2, 0) is 0 Å². The van der Waals surface area contributed by atoms with E-state index in [9.17, 15) is 4.39 Å². The van der Waals surface area contributed by atoms with Crippen LogP contribution in [0, 0.1) is 12.7 Å². The fourth-order valence-corrected chi connectivity index (χ4v) is 1.90. The molecule has 1 saturated carbocycles. The lowest BCUT2D eigenvalue weighted by molar-refractivity contribution is 0.618. The molecule has 1 aliphatic carbocycles. The smallest absolute Gasteiger partial charge is 0.139 e. The summed E-state index contributed by atoms with van der Waals surface area (Å²) in [5.74, 6) is 0.415. The first-order valence-corrected chi connectivity index (χ1v) is 4.90. The molecule has 0 unspecified atom stereocenters. The molecule has 0 radical (unpaired) electrons. The van der Waals surface area contributed by atoms with Crippen LogP contribution < -0.4 is 0 Å². The molecule has 0 spiro atoms. The third-order valence-electron chi connectivity index (χ3n) is 2.82. The summed E-state index contributed by atoms with van der Waals surface area (Å²) in [6.45, 7) is 2.01. The Bertz CT molecular complexity index is 497. The van der Waals surface area contributed by atoms with Crippen LogP contribution in [0.4, 0.5) is 4.39 Å². The Hall–Kier alpha value is -1.38. The molecular formula is C11H11FN2. The highest BCUT2D eigenvalue weighted by Gasteiger charge is 2.28. The zero-order valence-corrected chi connectivity index (χ0v) is 8.00. The predicted octanol–water partition coefficient (Wildman–Crippen LogP) is 2.66. The van der Waals surface area contributed by atoms with Crippen LogP contribution in [0.3, 0.4) is 0 Å². The summed E-state index contributed by atoms with van der Waals surface area (Å²) in [7, 11) is 0. The highest BCUT2D eigenvalue weighted by atomic mass is 19.1. The van der Waals surface area contributed by atoms with Gasteiger partial charge in [-0.05, 0) is 31.9 Å². The van der Waals surface area contributed by atoms with Gasteiger partial charge in [0.05, 0.1) is 5.69 Å². The van der Waals surface area contributed by atoms with E-state index in [-0.39, 0.29) is 5.82 Å². The van der Waals surface area contributed by atoms with E-state index in [1.165, 1.54) is 25.1 Å². The third-order valence-corrected chi connectivity index (χ3v) is 2.82. The molecule has 0 aromatic carbocycles. The Balaban J connectivity index is 2.29. The van der Waals surface area contributed by atoms with Gasteiger partial charge in [-0.1, -0.05) is 0 Å². The SMILES string of the molecule is Cc1c(C2CC2)nc2ccc(F)cn12. The van der Waals surface area contributed by atoms with Gasteiger partial charge in [-0.3, -0.25) is 0 Å². The van der Waals surface area contributed by atoms with Crippen LogP contribution in [0.2, 0.25) is 0 Å². The highest BCUT2D eigenvalue weighted by Crippen LogP contribution is 2.41. The normalized spacial score (nSPS) is 16.4. The molecule has 3 heteroatoms. The summed E-state index contributed by atoms with van der Waals surface area (Å²) in [4.78, 5) is 4.51. The summed E-state index contributed by atoms with van der Waals surface area (Å²) in [6.07, 6.45) is 3.96. The highest BCUT2D eigenvalue weighted by molar-refractivity contribution is 5.44. The van der Waals surface area contributed by atoms with E-state index in [0.717, 1.165) is 17.0 Å². The average molecular weight is 190 g/mol. The summed E-state index contributed by atoms with van der Waals surface area (Å²) in [5.41, 5.74) is 3.09. The molecule has 72 valence electrons. The zero-order chi connectivity index (χ0) is 9.71. The van der Waals surface area contributed by atoms with Crippen LogP contribution in [0.15, 0.2) is 18.3 Å². The first-order valence-electron chi connectivity index (χ1n) is 4.90. The van der Waals surface area contributed by atoms with Crippen LogP contribution in [0.5, 0.6) is 0 Å². The van der Waals surface area contributed by atoms with Crippen molar-refractivity contribution in [1.82, 2.24) is 9.38 Å². The Morgan fingerprint density at radius 3 is 2.93 bits per heavy atom. The molecule has 2 nitrogen and oxygen atoms in total. The monoisotopic (exact) mass is 190 g/mol. The van der Waals surface area contributed by atoms with Crippen molar-refractivity contribution < 1.29 is 4.39 Å². The second-order valence-corrected chi connectivity index (χ2v) is 3.93. The minimum Gasteiger partial charge on any atom is -0.301 e. The first-order chi connectivity index (χ1) is 6.75. The number of aryl methyl sites for hydroxylation is 1. The van der Waals surface area contributed by atoms with Crippen molar-refractivity contribution in [2.75, 3.05) is 0 Å². The molecule has 3 rings (SSSR count). The van der Waals surface area contributed by atoms with E-state index < -0.39 is 0 Å². The van der Waals surface area contributed by atoms with Crippen LogP contribution >= 0.6 is 0 Å². The maximum Gasteiger partial charge on any atom is 0.139 e. The molecule has 14 heavy (non-hydrogen) atoms. The number of hydrogen-bond acceptors (Lipinski definition) is 1. The quantitative estimate of drug-likeness (QED) is 0.675. The van der Waals surface area contributed by atoms with Gasteiger partial charge in [0.25, 0.3) is 0 Å². The minimum atomic E-state index is -0.208. The lowest BCUT2D eigenvalue weighted by Crippen LogP contribution is -1.89. The second kappa shape index (κ2) is 2.56. The maximum atomic E-state index is 13.0. The van der Waals surface area contributed by atoms with E-state index in [1.807, 2.05) is 11.3 Å². The van der Waals surface area contributed by atoms with E-state index in [2.05, 4.69) is 4.98 Å². The first kappa shape index (κ1) is 7.97. The number of rotatable bonds is 1. The van der Waals surface area contributed by atoms with Crippen molar-refractivity contribution in [2.45, 2.75) is 25.7 Å². The Morgan fingerprint density at radius 1 is 1.43 bits per heavy atom. The zero-order valence-electron chi connectivity index (χ0n) is 8.00. The van der Waals surface area contributed by atoms with Crippen molar-refractivity contribution >= 4 is 5.65 Å². The molecule has 2 aromatic heterocycles. The molecule has 1 fully saturated rings. The molecule has 1 aliphatic rings. The van der Waals surface area contributed by atoms with Gasteiger partial charge in [-0.25, -0.2) is 9.37 Å². The number of fused-ring (bicyclic) bond motifs is 1. The molecule has 0 N–H and O–H groups in total. The molecule has 0 amide bonds. The van der Waals surface area contributed by atoms with Gasteiger partial charge >= 0.3 is 0 Å². The van der Waals surface area contributed by atoms with Crippen molar-refractivity contribution in [3.63, 3.8) is 0 Å². The molecule has 0 saturated heterocycles. The Morgan fingerprint density at radius 2 is 2.21 bits per heavy atom. The fraction of sp³-hybridized carbons (Fsp3) is 0.364. The Labute approximate surface area is 81.4 Å². The minimum absolute atomic E-state index is 0.208. The number of aromatic nitrogens is 2. The third kappa shape index (κ3) is 1.05.